The van der Waals surface area contributed by atoms with Gasteiger partial charge in [-0.15, -0.1) is 22.7 Å². The van der Waals surface area contributed by atoms with Gasteiger partial charge in [0.15, 0.2) is 5.13 Å². The predicted octanol–water partition coefficient (Wildman–Crippen LogP) is 4.53. The van der Waals surface area contributed by atoms with Gasteiger partial charge in [0.05, 0.1) is 10.0 Å². The Kier molecular flexibility index (Phi) is 3.32. The van der Waals surface area contributed by atoms with Crippen molar-refractivity contribution < 1.29 is 4.79 Å². The molecule has 0 radical (unpaired) electrons. The molecule has 0 saturated heterocycles. The van der Waals surface area contributed by atoms with Gasteiger partial charge in [-0.25, -0.2) is 4.98 Å². The van der Waals surface area contributed by atoms with Gasteiger partial charge in [0.1, 0.15) is 4.34 Å². The van der Waals surface area contributed by atoms with E-state index in [0.717, 1.165) is 24.1 Å². The number of nitrogens with one attached hydrogen (secondary N) is 1. The normalized spacial score (nSPS) is 14.8. The number of amides is 1. The largest absolute Gasteiger partial charge is 0.302 e. The van der Waals surface area contributed by atoms with Crippen molar-refractivity contribution in [1.29, 1.82) is 0 Å². The molecule has 94 valence electrons. The summed E-state index contributed by atoms with van der Waals surface area (Å²) >= 11 is 14.7. The smallest absolute Gasteiger partial charge is 0.229 e. The lowest BCUT2D eigenvalue weighted by Crippen LogP contribution is -2.12. The van der Waals surface area contributed by atoms with E-state index < -0.39 is 0 Å². The Morgan fingerprint density at radius 2 is 2.22 bits per heavy atom. The molecule has 0 bridgehead atoms. The summed E-state index contributed by atoms with van der Waals surface area (Å²) in [5.74, 6) is 0.238. The second-order valence-corrected chi connectivity index (χ2v) is 7.18. The van der Waals surface area contributed by atoms with Gasteiger partial charge in [0.2, 0.25) is 5.91 Å². The fourth-order valence-corrected chi connectivity index (χ4v) is 3.72. The summed E-state index contributed by atoms with van der Waals surface area (Å²) in [5.41, 5.74) is 1.56. The molecule has 1 fully saturated rings. The molecule has 0 spiro atoms. The highest BCUT2D eigenvalue weighted by Gasteiger charge is 2.30. The third-order valence-corrected chi connectivity index (χ3v) is 4.86. The van der Waals surface area contributed by atoms with E-state index >= 15 is 0 Å². The Bertz CT molecular complexity index is 604. The maximum absolute atomic E-state index is 11.6. The number of rotatable bonds is 3. The molecule has 7 heteroatoms. The maximum Gasteiger partial charge on any atom is 0.229 e. The minimum atomic E-state index is 0.0605. The molecule has 2 aromatic heterocycles. The number of carbonyl (C=O) groups excluding carboxylic acids is 1. The number of anilines is 1. The molecule has 3 nitrogen and oxygen atoms in total. The van der Waals surface area contributed by atoms with Crippen LogP contribution in [0.25, 0.3) is 11.3 Å². The molecular formula is C11H8Cl2N2OS2. The average Bonchev–Trinajstić information content (AvgIpc) is 2.99. The zero-order valence-electron chi connectivity index (χ0n) is 9.07. The van der Waals surface area contributed by atoms with E-state index in [2.05, 4.69) is 10.3 Å². The van der Waals surface area contributed by atoms with Gasteiger partial charge in [0.25, 0.3) is 0 Å². The molecule has 2 heterocycles. The van der Waals surface area contributed by atoms with Crippen LogP contribution in [0, 0.1) is 5.92 Å². The molecule has 1 N–H and O–H groups in total. The van der Waals surface area contributed by atoms with Crippen molar-refractivity contribution in [2.24, 2.45) is 5.92 Å². The monoisotopic (exact) mass is 318 g/mol. The Morgan fingerprint density at radius 3 is 2.83 bits per heavy atom. The molecule has 18 heavy (non-hydrogen) atoms. The molecule has 1 aliphatic carbocycles. The SMILES string of the molecule is O=C(Nc1nc(-c2cc(Cl)sc2Cl)cs1)C1CC1. The molecule has 1 amide bonds. The minimum absolute atomic E-state index is 0.0605. The topological polar surface area (TPSA) is 42.0 Å². The van der Waals surface area contributed by atoms with E-state index in [0.29, 0.717) is 13.8 Å². The summed E-state index contributed by atoms with van der Waals surface area (Å²) in [4.78, 5) is 16.0. The molecular weight excluding hydrogens is 311 g/mol. The van der Waals surface area contributed by atoms with Gasteiger partial charge < -0.3 is 5.32 Å². The lowest BCUT2D eigenvalue weighted by molar-refractivity contribution is -0.117. The van der Waals surface area contributed by atoms with Gasteiger partial charge >= 0.3 is 0 Å². The highest BCUT2D eigenvalue weighted by Crippen LogP contribution is 2.39. The van der Waals surface area contributed by atoms with E-state index in [1.54, 1.807) is 6.07 Å². The number of nitrogens with zero attached hydrogens (tertiary/aromatic N) is 1. The van der Waals surface area contributed by atoms with E-state index in [9.17, 15) is 4.79 Å². The minimum Gasteiger partial charge on any atom is -0.302 e. The molecule has 0 unspecified atom stereocenters. The number of thiazole rings is 1. The highest BCUT2D eigenvalue weighted by atomic mass is 35.5. The van der Waals surface area contributed by atoms with Crippen molar-refractivity contribution in [3.63, 3.8) is 0 Å². The Hall–Kier alpha value is -0.620. The molecule has 1 aliphatic rings. The molecule has 2 aromatic rings. The van der Waals surface area contributed by atoms with E-state index in [1.165, 1.54) is 22.7 Å². The van der Waals surface area contributed by atoms with Crippen molar-refractivity contribution >= 4 is 56.9 Å². The summed E-state index contributed by atoms with van der Waals surface area (Å²) in [7, 11) is 0. The van der Waals surface area contributed by atoms with Crippen LogP contribution in [0.5, 0.6) is 0 Å². The number of hydrogen-bond acceptors (Lipinski definition) is 4. The van der Waals surface area contributed by atoms with Crippen LogP contribution in [0.1, 0.15) is 12.8 Å². The summed E-state index contributed by atoms with van der Waals surface area (Å²) in [6.07, 6.45) is 1.96. The van der Waals surface area contributed by atoms with Gasteiger partial charge in [-0.1, -0.05) is 23.2 Å². The fourth-order valence-electron chi connectivity index (χ4n) is 1.52. The van der Waals surface area contributed by atoms with E-state index in [1.807, 2.05) is 5.38 Å². The molecule has 0 aromatic carbocycles. The first-order chi connectivity index (χ1) is 8.63. The van der Waals surface area contributed by atoms with Crippen LogP contribution >= 0.6 is 45.9 Å². The van der Waals surface area contributed by atoms with Gasteiger partial charge in [0, 0.05) is 16.9 Å². The van der Waals surface area contributed by atoms with Crippen molar-refractivity contribution in [2.75, 3.05) is 5.32 Å². The number of aromatic nitrogens is 1. The van der Waals surface area contributed by atoms with Gasteiger partial charge in [-0.3, -0.25) is 4.79 Å². The molecule has 0 atom stereocenters. The Balaban J connectivity index is 1.80. The zero-order valence-corrected chi connectivity index (χ0v) is 12.2. The third-order valence-electron chi connectivity index (χ3n) is 2.62. The second kappa shape index (κ2) is 4.81. The molecule has 3 rings (SSSR count). The fraction of sp³-hybridized carbons (Fsp3) is 0.273. The van der Waals surface area contributed by atoms with E-state index in [4.69, 9.17) is 23.2 Å². The number of carbonyl (C=O) groups is 1. The summed E-state index contributed by atoms with van der Waals surface area (Å²) in [6, 6.07) is 1.79. The summed E-state index contributed by atoms with van der Waals surface area (Å²) in [6.45, 7) is 0. The van der Waals surface area contributed by atoms with Crippen LogP contribution in [0.2, 0.25) is 8.67 Å². The van der Waals surface area contributed by atoms with Crippen LogP contribution in [0.3, 0.4) is 0 Å². The number of hydrogen-bond donors (Lipinski definition) is 1. The van der Waals surface area contributed by atoms with Gasteiger partial charge in [-0.2, -0.15) is 0 Å². The predicted molar refractivity (Wildman–Crippen MR) is 76.8 cm³/mol. The van der Waals surface area contributed by atoms with Crippen molar-refractivity contribution in [1.82, 2.24) is 4.98 Å². The zero-order chi connectivity index (χ0) is 12.7. The van der Waals surface area contributed by atoms with Crippen molar-refractivity contribution in [3.05, 3.63) is 20.1 Å². The summed E-state index contributed by atoms with van der Waals surface area (Å²) in [5, 5.41) is 5.30. The first-order valence-corrected chi connectivity index (χ1v) is 7.80. The van der Waals surface area contributed by atoms with Crippen molar-refractivity contribution in [2.45, 2.75) is 12.8 Å². The van der Waals surface area contributed by atoms with E-state index in [-0.39, 0.29) is 11.8 Å². The first-order valence-electron chi connectivity index (χ1n) is 5.35. The lowest BCUT2D eigenvalue weighted by Gasteiger charge is -1.97. The second-order valence-electron chi connectivity index (χ2n) is 4.04. The van der Waals surface area contributed by atoms with Crippen molar-refractivity contribution in [3.8, 4) is 11.3 Å². The third kappa shape index (κ3) is 2.54. The van der Waals surface area contributed by atoms with Crippen LogP contribution in [-0.4, -0.2) is 10.9 Å². The maximum atomic E-state index is 11.6. The Labute approximate surface area is 122 Å². The molecule has 1 saturated carbocycles. The van der Waals surface area contributed by atoms with Crippen LogP contribution < -0.4 is 5.32 Å². The molecule has 0 aliphatic heterocycles. The summed E-state index contributed by atoms with van der Waals surface area (Å²) < 4.78 is 1.25. The Morgan fingerprint density at radius 1 is 1.44 bits per heavy atom. The van der Waals surface area contributed by atoms with Crippen LogP contribution in [0.4, 0.5) is 5.13 Å². The van der Waals surface area contributed by atoms with Crippen LogP contribution in [-0.2, 0) is 4.79 Å². The lowest BCUT2D eigenvalue weighted by atomic mass is 10.3. The first kappa shape index (κ1) is 12.4. The van der Waals surface area contributed by atoms with Crippen LogP contribution in [0.15, 0.2) is 11.4 Å². The number of halogens is 2. The average molecular weight is 319 g/mol. The highest BCUT2D eigenvalue weighted by molar-refractivity contribution is 7.20. The number of thiophene rings is 1. The standard InChI is InChI=1S/C11H8Cl2N2OS2/c12-8-3-6(9(13)18-8)7-4-17-11(14-7)15-10(16)5-1-2-5/h3-5H,1-2H2,(H,14,15,16). The van der Waals surface area contributed by atoms with Gasteiger partial charge in [-0.05, 0) is 18.9 Å². The quantitative estimate of drug-likeness (QED) is 0.903.